The number of piperidine rings is 1. The molecule has 3 rings (SSSR count). The van der Waals surface area contributed by atoms with E-state index in [0.29, 0.717) is 18.8 Å². The van der Waals surface area contributed by atoms with Crippen LogP contribution in [0.15, 0.2) is 12.4 Å². The van der Waals surface area contributed by atoms with Crippen LogP contribution in [-0.2, 0) is 10.0 Å². The predicted octanol–water partition coefficient (Wildman–Crippen LogP) is 0.329. The van der Waals surface area contributed by atoms with Crippen molar-refractivity contribution in [1.82, 2.24) is 19.6 Å². The molecule has 120 valence electrons. The summed E-state index contributed by atoms with van der Waals surface area (Å²) in [6.45, 7) is 3.10. The summed E-state index contributed by atoms with van der Waals surface area (Å²) in [5.74, 6) is -0.101. The molecule has 1 spiro atoms. The van der Waals surface area contributed by atoms with E-state index in [1.165, 1.54) is 12.5 Å². The maximum atomic E-state index is 12.4. The first-order chi connectivity index (χ1) is 10.3. The zero-order valence-corrected chi connectivity index (χ0v) is 13.6. The predicted molar refractivity (Wildman–Crippen MR) is 80.7 cm³/mol. The molecule has 1 aliphatic heterocycles. The van der Waals surface area contributed by atoms with Crippen LogP contribution in [0.1, 0.15) is 35.4 Å². The second-order valence-electron chi connectivity index (χ2n) is 6.34. The van der Waals surface area contributed by atoms with Crippen molar-refractivity contribution < 1.29 is 13.2 Å². The lowest BCUT2D eigenvalue weighted by Crippen LogP contribution is -2.41. The van der Waals surface area contributed by atoms with Crippen molar-refractivity contribution in [1.29, 1.82) is 0 Å². The molecule has 1 aliphatic carbocycles. The molecule has 1 saturated carbocycles. The number of nitrogens with one attached hydrogen (secondary N) is 1. The van der Waals surface area contributed by atoms with Crippen molar-refractivity contribution in [3.8, 4) is 0 Å². The second kappa shape index (κ2) is 5.27. The molecule has 2 heterocycles. The van der Waals surface area contributed by atoms with Crippen LogP contribution in [0.3, 0.4) is 0 Å². The number of likely N-dealkylation sites (tertiary alicyclic amines) is 1. The van der Waals surface area contributed by atoms with Gasteiger partial charge in [-0.25, -0.2) is 18.1 Å². The lowest BCUT2D eigenvalue weighted by atomic mass is 9.92. The first-order valence-electron chi connectivity index (χ1n) is 7.34. The van der Waals surface area contributed by atoms with Crippen molar-refractivity contribution in [2.45, 2.75) is 32.2 Å². The molecule has 7 nitrogen and oxygen atoms in total. The van der Waals surface area contributed by atoms with E-state index < -0.39 is 10.0 Å². The summed E-state index contributed by atoms with van der Waals surface area (Å²) in [5, 5.41) is 0. The van der Waals surface area contributed by atoms with Gasteiger partial charge in [0.25, 0.3) is 5.91 Å². The van der Waals surface area contributed by atoms with Crippen LogP contribution in [0.5, 0.6) is 0 Å². The van der Waals surface area contributed by atoms with Crippen LogP contribution in [0.2, 0.25) is 0 Å². The summed E-state index contributed by atoms with van der Waals surface area (Å²) < 4.78 is 25.3. The molecule has 1 amide bonds. The highest BCUT2D eigenvalue weighted by molar-refractivity contribution is 7.88. The van der Waals surface area contributed by atoms with Gasteiger partial charge in [0.2, 0.25) is 10.0 Å². The molecule has 1 atom stereocenters. The molecule has 8 heteroatoms. The third-order valence-electron chi connectivity index (χ3n) is 4.59. The SMILES string of the molecule is Cc1cnc(C(=O)N2CCC3(CC2)CC3NS(C)(=O)=O)cn1. The van der Waals surface area contributed by atoms with Gasteiger partial charge in [-0.15, -0.1) is 0 Å². The van der Waals surface area contributed by atoms with Gasteiger partial charge >= 0.3 is 0 Å². The molecular formula is C14H20N4O3S. The smallest absolute Gasteiger partial charge is 0.274 e. The van der Waals surface area contributed by atoms with Gasteiger partial charge in [0.15, 0.2) is 0 Å². The minimum absolute atomic E-state index is 0.0268. The van der Waals surface area contributed by atoms with E-state index >= 15 is 0 Å². The number of aromatic nitrogens is 2. The summed E-state index contributed by atoms with van der Waals surface area (Å²) >= 11 is 0. The van der Waals surface area contributed by atoms with E-state index in [4.69, 9.17) is 0 Å². The largest absolute Gasteiger partial charge is 0.337 e. The Morgan fingerprint density at radius 3 is 2.55 bits per heavy atom. The van der Waals surface area contributed by atoms with Gasteiger partial charge in [-0.05, 0) is 31.6 Å². The molecule has 1 N–H and O–H groups in total. The number of rotatable bonds is 3. The highest BCUT2D eigenvalue weighted by Gasteiger charge is 2.56. The third-order valence-corrected chi connectivity index (χ3v) is 5.31. The molecule has 0 radical (unpaired) electrons. The molecule has 0 bridgehead atoms. The fourth-order valence-electron chi connectivity index (χ4n) is 3.15. The standard InChI is InChI=1S/C14H20N4O3S/c1-10-8-16-11(9-15-10)13(19)18-5-3-14(4-6-18)7-12(14)17-22(2,20)21/h8-9,12,17H,3-7H2,1-2H3. The van der Waals surface area contributed by atoms with E-state index in [2.05, 4.69) is 14.7 Å². The molecule has 1 saturated heterocycles. The topological polar surface area (TPSA) is 92.3 Å². The molecule has 2 aliphatic rings. The highest BCUT2D eigenvalue weighted by Crippen LogP contribution is 2.54. The average Bonchev–Trinajstić information content (AvgIpc) is 3.09. The van der Waals surface area contributed by atoms with Crippen molar-refractivity contribution in [2.75, 3.05) is 19.3 Å². The van der Waals surface area contributed by atoms with Crippen molar-refractivity contribution >= 4 is 15.9 Å². The first kappa shape index (κ1) is 15.4. The van der Waals surface area contributed by atoms with Gasteiger partial charge in [0.05, 0.1) is 18.1 Å². The van der Waals surface area contributed by atoms with Gasteiger partial charge in [-0.2, -0.15) is 0 Å². The average molecular weight is 324 g/mol. The number of nitrogens with zero attached hydrogens (tertiary/aromatic N) is 3. The summed E-state index contributed by atoms with van der Waals surface area (Å²) in [5.41, 5.74) is 1.18. The van der Waals surface area contributed by atoms with Crippen molar-refractivity contribution in [2.24, 2.45) is 5.41 Å². The van der Waals surface area contributed by atoms with Crippen LogP contribution in [0.4, 0.5) is 0 Å². The molecule has 1 unspecified atom stereocenters. The lowest BCUT2D eigenvalue weighted by molar-refractivity contribution is 0.0667. The highest BCUT2D eigenvalue weighted by atomic mass is 32.2. The van der Waals surface area contributed by atoms with Crippen LogP contribution < -0.4 is 4.72 Å². The second-order valence-corrected chi connectivity index (χ2v) is 8.12. The Hall–Kier alpha value is -1.54. The number of sulfonamides is 1. The van der Waals surface area contributed by atoms with E-state index in [9.17, 15) is 13.2 Å². The van der Waals surface area contributed by atoms with Gasteiger partial charge in [0, 0.05) is 25.3 Å². The summed E-state index contributed by atoms with van der Waals surface area (Å²) in [4.78, 5) is 22.4. The van der Waals surface area contributed by atoms with Crippen molar-refractivity contribution in [3.05, 3.63) is 23.8 Å². The maximum Gasteiger partial charge on any atom is 0.274 e. The Morgan fingerprint density at radius 1 is 1.32 bits per heavy atom. The minimum atomic E-state index is -3.16. The number of hydrogen-bond donors (Lipinski definition) is 1. The van der Waals surface area contributed by atoms with E-state index in [1.807, 2.05) is 6.92 Å². The van der Waals surface area contributed by atoms with Crippen LogP contribution in [-0.4, -0.2) is 54.6 Å². The van der Waals surface area contributed by atoms with Crippen LogP contribution >= 0.6 is 0 Å². The first-order valence-corrected chi connectivity index (χ1v) is 9.23. The number of amides is 1. The fraction of sp³-hybridized carbons (Fsp3) is 0.643. The van der Waals surface area contributed by atoms with Crippen LogP contribution in [0.25, 0.3) is 0 Å². The molecule has 0 aromatic carbocycles. The Kier molecular flexibility index (Phi) is 3.68. The monoisotopic (exact) mass is 324 g/mol. The molecular weight excluding hydrogens is 304 g/mol. The van der Waals surface area contributed by atoms with Gasteiger partial charge < -0.3 is 4.90 Å². The fourth-order valence-corrected chi connectivity index (χ4v) is 4.00. The van der Waals surface area contributed by atoms with E-state index in [-0.39, 0.29) is 17.4 Å². The molecule has 1 aromatic heterocycles. The quantitative estimate of drug-likeness (QED) is 0.865. The Balaban J connectivity index is 1.59. The Labute approximate surface area is 130 Å². The van der Waals surface area contributed by atoms with Gasteiger partial charge in [0.1, 0.15) is 5.69 Å². The number of carbonyl (C=O) groups is 1. The summed E-state index contributed by atoms with van der Waals surface area (Å²) in [6, 6.07) is 0.0268. The normalized spacial score (nSPS) is 23.5. The number of hydrogen-bond acceptors (Lipinski definition) is 5. The van der Waals surface area contributed by atoms with Crippen LogP contribution in [0, 0.1) is 12.3 Å². The molecule has 22 heavy (non-hydrogen) atoms. The minimum Gasteiger partial charge on any atom is -0.337 e. The zero-order valence-electron chi connectivity index (χ0n) is 12.7. The van der Waals surface area contributed by atoms with Gasteiger partial charge in [-0.1, -0.05) is 0 Å². The van der Waals surface area contributed by atoms with Crippen molar-refractivity contribution in [3.63, 3.8) is 0 Å². The molecule has 2 fully saturated rings. The van der Waals surface area contributed by atoms with E-state index in [0.717, 1.165) is 25.0 Å². The van der Waals surface area contributed by atoms with Gasteiger partial charge in [-0.3, -0.25) is 9.78 Å². The van der Waals surface area contributed by atoms with E-state index in [1.54, 1.807) is 11.1 Å². The zero-order chi connectivity index (χ0) is 16.0. The third kappa shape index (κ3) is 3.12. The lowest BCUT2D eigenvalue weighted by Gasteiger charge is -2.32. The Morgan fingerprint density at radius 2 is 2.00 bits per heavy atom. The summed E-state index contributed by atoms with van der Waals surface area (Å²) in [6.07, 6.45) is 6.80. The maximum absolute atomic E-state index is 12.4. The number of aryl methyl sites for hydroxylation is 1. The number of carbonyl (C=O) groups excluding carboxylic acids is 1. The Bertz CT molecular complexity index is 679. The molecule has 1 aromatic rings. The summed E-state index contributed by atoms with van der Waals surface area (Å²) in [7, 11) is -3.16.